The van der Waals surface area contributed by atoms with Crippen LogP contribution in [0, 0.1) is 0 Å². The number of ether oxygens (including phenoxy) is 1. The van der Waals surface area contributed by atoms with Gasteiger partial charge in [0.2, 0.25) is 5.95 Å². The number of hydrogen-bond acceptors (Lipinski definition) is 10. The summed E-state index contributed by atoms with van der Waals surface area (Å²) in [5.74, 6) is 2.97. The zero-order valence-electron chi connectivity index (χ0n) is 18.7. The summed E-state index contributed by atoms with van der Waals surface area (Å²) in [4.78, 5) is 22.6. The monoisotopic (exact) mass is 471 g/mol. The highest BCUT2D eigenvalue weighted by atomic mass is 32.2. The molecule has 1 fully saturated rings. The summed E-state index contributed by atoms with van der Waals surface area (Å²) in [7, 11) is 0.827. The number of nitrogens with one attached hydrogen (secondary N) is 1. The lowest BCUT2D eigenvalue weighted by Gasteiger charge is -2.29. The first-order valence-electron chi connectivity index (χ1n) is 10.9. The van der Waals surface area contributed by atoms with E-state index in [1.807, 2.05) is 35.2 Å². The molecule has 0 bridgehead atoms. The molecule has 3 heterocycles. The third-order valence-electron chi connectivity index (χ3n) is 5.45. The third-order valence-corrected chi connectivity index (χ3v) is 6.73. The van der Waals surface area contributed by atoms with Gasteiger partial charge in [0.05, 0.1) is 13.2 Å². The molecule has 0 saturated carbocycles. The van der Waals surface area contributed by atoms with Crippen LogP contribution in [-0.4, -0.2) is 87.3 Å². The minimum absolute atomic E-state index is 0.0342. The van der Waals surface area contributed by atoms with E-state index in [0.29, 0.717) is 79.5 Å². The molecule has 0 amide bonds. The summed E-state index contributed by atoms with van der Waals surface area (Å²) in [5.41, 5.74) is 2.38. The van der Waals surface area contributed by atoms with Gasteiger partial charge in [-0.2, -0.15) is 4.98 Å². The second-order valence-corrected chi connectivity index (χ2v) is 9.34. The summed E-state index contributed by atoms with van der Waals surface area (Å²) < 4.78 is 17.2. The van der Waals surface area contributed by atoms with Crippen molar-refractivity contribution in [2.75, 3.05) is 73.1 Å². The lowest BCUT2D eigenvalue weighted by molar-refractivity contribution is 0.202. The van der Waals surface area contributed by atoms with Crippen molar-refractivity contribution < 1.29 is 14.1 Å². The molecule has 0 spiro atoms. The van der Waals surface area contributed by atoms with Crippen molar-refractivity contribution in [1.29, 1.82) is 0 Å². The van der Waals surface area contributed by atoms with E-state index in [9.17, 15) is 9.32 Å². The zero-order valence-corrected chi connectivity index (χ0v) is 19.5. The number of anilines is 3. The first-order chi connectivity index (χ1) is 16.2. The SMILES string of the molecule is COCCN(CCO)c1nc(N2CCS(=O)CC2)c2ncnc(NCc3ccccc3)c2n1. The molecule has 0 radical (unpaired) electrons. The van der Waals surface area contributed by atoms with Crippen molar-refractivity contribution in [3.63, 3.8) is 0 Å². The van der Waals surface area contributed by atoms with Crippen LogP contribution in [-0.2, 0) is 22.1 Å². The normalized spacial score (nSPS) is 14.5. The molecule has 0 aliphatic carbocycles. The molecule has 11 heteroatoms. The molecule has 1 aliphatic heterocycles. The van der Waals surface area contributed by atoms with E-state index in [4.69, 9.17) is 14.7 Å². The molecular formula is C22H29N7O3S. The van der Waals surface area contributed by atoms with Crippen LogP contribution in [0.4, 0.5) is 17.6 Å². The van der Waals surface area contributed by atoms with Crippen LogP contribution in [0.3, 0.4) is 0 Å². The summed E-state index contributed by atoms with van der Waals surface area (Å²) in [6.07, 6.45) is 1.51. The number of aliphatic hydroxyl groups excluding tert-OH is 1. The molecule has 2 N–H and O–H groups in total. The third kappa shape index (κ3) is 5.73. The molecule has 3 aromatic rings. The van der Waals surface area contributed by atoms with Gasteiger partial charge in [-0.1, -0.05) is 30.3 Å². The van der Waals surface area contributed by atoms with Gasteiger partial charge < -0.3 is 25.0 Å². The van der Waals surface area contributed by atoms with Crippen molar-refractivity contribution in [2.24, 2.45) is 0 Å². The highest BCUT2D eigenvalue weighted by Crippen LogP contribution is 2.29. The fourth-order valence-corrected chi connectivity index (χ4v) is 4.73. The molecule has 1 saturated heterocycles. The molecule has 1 aromatic carbocycles. The van der Waals surface area contributed by atoms with E-state index in [-0.39, 0.29) is 6.61 Å². The van der Waals surface area contributed by atoms with E-state index in [1.165, 1.54) is 6.33 Å². The molecule has 0 unspecified atom stereocenters. The summed E-state index contributed by atoms with van der Waals surface area (Å²) in [6.45, 7) is 3.21. The number of aliphatic hydroxyl groups is 1. The Hall–Kier alpha value is -2.89. The van der Waals surface area contributed by atoms with Crippen molar-refractivity contribution in [3.8, 4) is 0 Å². The summed E-state index contributed by atoms with van der Waals surface area (Å²) >= 11 is 0. The topological polar surface area (TPSA) is 117 Å². The van der Waals surface area contributed by atoms with Crippen LogP contribution in [0.2, 0.25) is 0 Å². The molecule has 4 rings (SSSR count). The smallest absolute Gasteiger partial charge is 0.228 e. The lowest BCUT2D eigenvalue weighted by atomic mass is 10.2. The van der Waals surface area contributed by atoms with Crippen LogP contribution in [0.15, 0.2) is 36.7 Å². The fraction of sp³-hybridized carbons (Fsp3) is 0.455. The number of methoxy groups -OCH3 is 1. The number of nitrogens with zero attached hydrogens (tertiary/aromatic N) is 6. The Morgan fingerprint density at radius 3 is 2.64 bits per heavy atom. The largest absolute Gasteiger partial charge is 0.395 e. The number of benzene rings is 1. The zero-order chi connectivity index (χ0) is 23.0. The number of fused-ring (bicyclic) bond motifs is 1. The molecule has 10 nitrogen and oxygen atoms in total. The van der Waals surface area contributed by atoms with Crippen LogP contribution in [0.1, 0.15) is 5.56 Å². The first-order valence-corrected chi connectivity index (χ1v) is 12.4. The van der Waals surface area contributed by atoms with E-state index < -0.39 is 10.8 Å². The Morgan fingerprint density at radius 1 is 1.12 bits per heavy atom. The highest BCUT2D eigenvalue weighted by molar-refractivity contribution is 7.85. The summed E-state index contributed by atoms with van der Waals surface area (Å²) in [5, 5.41) is 13.0. The van der Waals surface area contributed by atoms with Gasteiger partial charge in [-0.3, -0.25) is 4.21 Å². The quantitative estimate of drug-likeness (QED) is 0.444. The maximum absolute atomic E-state index is 11.9. The van der Waals surface area contributed by atoms with Gasteiger partial charge in [-0.05, 0) is 5.56 Å². The maximum Gasteiger partial charge on any atom is 0.228 e. The summed E-state index contributed by atoms with van der Waals surface area (Å²) in [6, 6.07) is 10.1. The fourth-order valence-electron chi connectivity index (χ4n) is 3.68. The van der Waals surface area contributed by atoms with E-state index >= 15 is 0 Å². The van der Waals surface area contributed by atoms with Crippen molar-refractivity contribution in [2.45, 2.75) is 6.54 Å². The average molecular weight is 472 g/mol. The van der Waals surface area contributed by atoms with E-state index in [1.54, 1.807) is 7.11 Å². The highest BCUT2D eigenvalue weighted by Gasteiger charge is 2.24. The number of rotatable bonds is 10. The van der Waals surface area contributed by atoms with E-state index in [2.05, 4.69) is 20.2 Å². The minimum Gasteiger partial charge on any atom is -0.395 e. The van der Waals surface area contributed by atoms with Gasteiger partial charge in [-0.15, -0.1) is 0 Å². The van der Waals surface area contributed by atoms with Gasteiger partial charge in [0.1, 0.15) is 17.4 Å². The standard InChI is InChI=1S/C22H29N7O3S/c1-32-12-8-29(7-11-30)22-26-18-19(21(27-22)28-9-13-33(31)14-10-28)24-16-25-20(18)23-15-17-5-3-2-4-6-17/h2-6,16,30H,7-15H2,1H3,(H,23,24,25). The molecule has 0 atom stereocenters. The Kier molecular flexibility index (Phi) is 7.97. The molecule has 1 aliphatic rings. The Balaban J connectivity index is 1.75. The number of hydrogen-bond donors (Lipinski definition) is 2. The molecule has 176 valence electrons. The van der Waals surface area contributed by atoms with Crippen LogP contribution in [0.5, 0.6) is 0 Å². The van der Waals surface area contributed by atoms with Gasteiger partial charge in [0.15, 0.2) is 11.6 Å². The van der Waals surface area contributed by atoms with E-state index in [0.717, 1.165) is 5.56 Å². The van der Waals surface area contributed by atoms with Crippen LogP contribution >= 0.6 is 0 Å². The molecule has 2 aromatic heterocycles. The lowest BCUT2D eigenvalue weighted by Crippen LogP contribution is -2.39. The first kappa shape index (κ1) is 23.3. The van der Waals surface area contributed by atoms with Crippen LogP contribution < -0.4 is 15.1 Å². The van der Waals surface area contributed by atoms with Gasteiger partial charge in [0, 0.05) is 62.1 Å². The minimum atomic E-state index is -0.809. The second-order valence-electron chi connectivity index (χ2n) is 7.64. The van der Waals surface area contributed by atoms with Gasteiger partial charge in [-0.25, -0.2) is 15.0 Å². The van der Waals surface area contributed by atoms with Crippen molar-refractivity contribution >= 4 is 39.4 Å². The molecular weight excluding hydrogens is 442 g/mol. The molecule has 33 heavy (non-hydrogen) atoms. The average Bonchev–Trinajstić information content (AvgIpc) is 2.86. The Bertz CT molecular complexity index is 1080. The number of aromatic nitrogens is 4. The predicted octanol–water partition coefficient (Wildman–Crippen LogP) is 1.05. The van der Waals surface area contributed by atoms with Gasteiger partial charge >= 0.3 is 0 Å². The predicted molar refractivity (Wildman–Crippen MR) is 130 cm³/mol. The van der Waals surface area contributed by atoms with Crippen LogP contribution in [0.25, 0.3) is 11.0 Å². The van der Waals surface area contributed by atoms with Crippen molar-refractivity contribution in [3.05, 3.63) is 42.2 Å². The van der Waals surface area contributed by atoms with Gasteiger partial charge in [0.25, 0.3) is 0 Å². The Labute approximate surface area is 195 Å². The Morgan fingerprint density at radius 2 is 1.91 bits per heavy atom. The second kappa shape index (κ2) is 11.3. The van der Waals surface area contributed by atoms with Crippen molar-refractivity contribution in [1.82, 2.24) is 19.9 Å². The maximum atomic E-state index is 11.9.